The Hall–Kier alpha value is -1.47. The highest BCUT2D eigenvalue weighted by Crippen LogP contribution is 2.36. The van der Waals surface area contributed by atoms with Crippen LogP contribution >= 0.6 is 0 Å². The van der Waals surface area contributed by atoms with E-state index in [0.717, 1.165) is 0 Å². The molecular formula is C18H32N2O5. The third-order valence-corrected chi connectivity index (χ3v) is 4.64. The summed E-state index contributed by atoms with van der Waals surface area (Å²) in [6.07, 6.45) is -1.32. The standard InChI is InChI=1S/C18H32N2O5/c1-10-8-11(12(21)15(23)19-25)16(24)20(9-10)13(17(2,3)4)14(22)18(5,6)7/h10-13,21,25H,8-9H2,1-7H3,(H,19,23). The van der Waals surface area contributed by atoms with Gasteiger partial charge in [0.1, 0.15) is 6.10 Å². The molecule has 0 bridgehead atoms. The molecule has 25 heavy (non-hydrogen) atoms. The smallest absolute Gasteiger partial charge is 0.272 e. The quantitative estimate of drug-likeness (QED) is 0.521. The Balaban J connectivity index is 3.28. The maximum Gasteiger partial charge on any atom is 0.272 e. The Labute approximate surface area is 149 Å². The van der Waals surface area contributed by atoms with Crippen molar-refractivity contribution >= 4 is 17.6 Å². The zero-order chi connectivity index (χ0) is 19.7. The molecule has 1 aliphatic rings. The van der Waals surface area contributed by atoms with Gasteiger partial charge in [-0.05, 0) is 17.8 Å². The first-order valence-corrected chi connectivity index (χ1v) is 8.68. The molecule has 7 heteroatoms. The van der Waals surface area contributed by atoms with Gasteiger partial charge in [-0.3, -0.25) is 19.6 Å². The molecule has 0 aromatic carbocycles. The van der Waals surface area contributed by atoms with Crippen molar-refractivity contribution in [3.8, 4) is 0 Å². The SMILES string of the molecule is CC1CC(C(O)C(=O)NO)C(=O)N(C(C(=O)C(C)(C)C)C(C)(C)C)C1. The Morgan fingerprint density at radius 2 is 1.72 bits per heavy atom. The maximum absolute atomic E-state index is 13.1. The van der Waals surface area contributed by atoms with Gasteiger partial charge in [-0.1, -0.05) is 48.5 Å². The lowest BCUT2D eigenvalue weighted by molar-refractivity contribution is -0.162. The predicted octanol–water partition coefficient (Wildman–Crippen LogP) is 1.37. The van der Waals surface area contributed by atoms with Crippen molar-refractivity contribution in [2.24, 2.45) is 22.7 Å². The Morgan fingerprint density at radius 1 is 1.20 bits per heavy atom. The van der Waals surface area contributed by atoms with Crippen LogP contribution in [-0.2, 0) is 14.4 Å². The molecule has 0 radical (unpaired) electrons. The number of ketones is 1. The van der Waals surface area contributed by atoms with E-state index in [0.29, 0.717) is 13.0 Å². The molecule has 7 nitrogen and oxygen atoms in total. The number of amides is 2. The highest BCUT2D eigenvalue weighted by atomic mass is 16.5. The van der Waals surface area contributed by atoms with Crippen LogP contribution in [0, 0.1) is 22.7 Å². The zero-order valence-corrected chi connectivity index (χ0v) is 16.3. The lowest BCUT2D eigenvalue weighted by Crippen LogP contribution is -2.61. The summed E-state index contributed by atoms with van der Waals surface area (Å²) in [5, 5.41) is 18.9. The van der Waals surface area contributed by atoms with Gasteiger partial charge in [0.25, 0.3) is 5.91 Å². The molecule has 0 aromatic rings. The molecule has 1 rings (SSSR count). The second kappa shape index (κ2) is 7.41. The minimum Gasteiger partial charge on any atom is -0.382 e. The van der Waals surface area contributed by atoms with E-state index in [1.165, 1.54) is 10.4 Å². The summed E-state index contributed by atoms with van der Waals surface area (Å²) in [4.78, 5) is 39.2. The molecule has 144 valence electrons. The molecule has 2 amide bonds. The monoisotopic (exact) mass is 356 g/mol. The number of piperidine rings is 1. The summed E-state index contributed by atoms with van der Waals surface area (Å²) in [6, 6.07) is -0.658. The van der Waals surface area contributed by atoms with E-state index >= 15 is 0 Å². The molecule has 3 N–H and O–H groups in total. The van der Waals surface area contributed by atoms with Gasteiger partial charge in [0.05, 0.1) is 12.0 Å². The van der Waals surface area contributed by atoms with Crippen LogP contribution in [-0.4, -0.2) is 51.5 Å². The first-order chi connectivity index (χ1) is 11.2. The summed E-state index contributed by atoms with van der Waals surface area (Å²) in [7, 11) is 0. The normalized spacial score (nSPS) is 24.7. The van der Waals surface area contributed by atoms with Crippen LogP contribution < -0.4 is 5.48 Å². The maximum atomic E-state index is 13.1. The van der Waals surface area contributed by atoms with Crippen LogP contribution in [0.4, 0.5) is 0 Å². The van der Waals surface area contributed by atoms with E-state index in [4.69, 9.17) is 5.21 Å². The van der Waals surface area contributed by atoms with Crippen LogP contribution in [0.5, 0.6) is 0 Å². The van der Waals surface area contributed by atoms with Crippen molar-refractivity contribution in [1.82, 2.24) is 10.4 Å². The number of likely N-dealkylation sites (tertiary alicyclic amines) is 1. The summed E-state index contributed by atoms with van der Waals surface area (Å²) in [5.74, 6) is -2.45. The number of Topliss-reactive ketones (excluding diaryl/α,β-unsaturated/α-hetero) is 1. The van der Waals surface area contributed by atoms with Crippen LogP contribution in [0.15, 0.2) is 0 Å². The Morgan fingerprint density at radius 3 is 2.12 bits per heavy atom. The molecule has 1 aliphatic heterocycles. The molecule has 1 saturated heterocycles. The van der Waals surface area contributed by atoms with Crippen molar-refractivity contribution in [2.75, 3.05) is 6.54 Å². The molecule has 0 saturated carbocycles. The largest absolute Gasteiger partial charge is 0.382 e. The van der Waals surface area contributed by atoms with Crippen LogP contribution in [0.1, 0.15) is 54.9 Å². The number of carbonyl (C=O) groups excluding carboxylic acids is 3. The Kier molecular flexibility index (Phi) is 6.40. The average molecular weight is 356 g/mol. The fraction of sp³-hybridized carbons (Fsp3) is 0.833. The minimum atomic E-state index is -1.65. The zero-order valence-electron chi connectivity index (χ0n) is 16.3. The van der Waals surface area contributed by atoms with Gasteiger partial charge < -0.3 is 10.0 Å². The number of aliphatic hydroxyl groups excluding tert-OH is 1. The molecule has 0 spiro atoms. The van der Waals surface area contributed by atoms with Crippen molar-refractivity contribution < 1.29 is 24.7 Å². The van der Waals surface area contributed by atoms with Crippen molar-refractivity contribution in [2.45, 2.75) is 67.0 Å². The average Bonchev–Trinajstić information content (AvgIpc) is 2.46. The number of rotatable bonds is 4. The number of hydroxylamine groups is 1. The highest BCUT2D eigenvalue weighted by Gasteiger charge is 2.48. The number of hydrogen-bond donors (Lipinski definition) is 3. The van der Waals surface area contributed by atoms with E-state index in [9.17, 15) is 19.5 Å². The van der Waals surface area contributed by atoms with Crippen LogP contribution in [0.25, 0.3) is 0 Å². The molecule has 1 fully saturated rings. The summed E-state index contributed by atoms with van der Waals surface area (Å²) in [5.41, 5.74) is 0.268. The topological polar surface area (TPSA) is 107 Å². The highest BCUT2D eigenvalue weighted by molar-refractivity contribution is 5.95. The molecule has 4 atom stereocenters. The summed E-state index contributed by atoms with van der Waals surface area (Å²) >= 11 is 0. The molecular weight excluding hydrogens is 324 g/mol. The van der Waals surface area contributed by atoms with E-state index in [1.54, 1.807) is 0 Å². The molecule has 0 aromatic heterocycles. The van der Waals surface area contributed by atoms with Gasteiger partial charge in [0.2, 0.25) is 5.91 Å². The second-order valence-electron chi connectivity index (χ2n) is 9.24. The van der Waals surface area contributed by atoms with Crippen molar-refractivity contribution in [3.05, 3.63) is 0 Å². The van der Waals surface area contributed by atoms with Gasteiger partial charge in [-0.2, -0.15) is 0 Å². The molecule has 4 unspecified atom stereocenters. The minimum absolute atomic E-state index is 0.0152. The van der Waals surface area contributed by atoms with E-state index < -0.39 is 40.7 Å². The van der Waals surface area contributed by atoms with Crippen molar-refractivity contribution in [3.63, 3.8) is 0 Å². The van der Waals surface area contributed by atoms with E-state index in [1.807, 2.05) is 48.5 Å². The summed E-state index contributed by atoms with van der Waals surface area (Å²) < 4.78 is 0. The lowest BCUT2D eigenvalue weighted by atomic mass is 9.73. The number of carbonyl (C=O) groups is 3. The van der Waals surface area contributed by atoms with Gasteiger partial charge in [-0.25, -0.2) is 5.48 Å². The predicted molar refractivity (Wildman–Crippen MR) is 92.6 cm³/mol. The number of nitrogens with zero attached hydrogens (tertiary/aromatic N) is 1. The number of hydrogen-bond acceptors (Lipinski definition) is 5. The second-order valence-corrected chi connectivity index (χ2v) is 9.24. The first kappa shape index (κ1) is 21.6. The van der Waals surface area contributed by atoms with Gasteiger partial charge in [0.15, 0.2) is 5.78 Å². The third kappa shape index (κ3) is 4.79. The number of nitrogens with one attached hydrogen (secondary N) is 1. The third-order valence-electron chi connectivity index (χ3n) is 4.64. The van der Waals surface area contributed by atoms with Gasteiger partial charge >= 0.3 is 0 Å². The molecule has 0 aliphatic carbocycles. The van der Waals surface area contributed by atoms with E-state index in [2.05, 4.69) is 0 Å². The lowest BCUT2D eigenvalue weighted by Gasteiger charge is -2.47. The van der Waals surface area contributed by atoms with E-state index in [-0.39, 0.29) is 11.7 Å². The number of aliphatic hydroxyl groups is 1. The fourth-order valence-electron chi connectivity index (χ4n) is 3.41. The first-order valence-electron chi connectivity index (χ1n) is 8.68. The van der Waals surface area contributed by atoms with Crippen molar-refractivity contribution in [1.29, 1.82) is 0 Å². The van der Waals surface area contributed by atoms with Crippen LogP contribution in [0.2, 0.25) is 0 Å². The molecule has 1 heterocycles. The van der Waals surface area contributed by atoms with Gasteiger partial charge in [-0.15, -0.1) is 0 Å². The fourth-order valence-corrected chi connectivity index (χ4v) is 3.41. The van der Waals surface area contributed by atoms with Crippen LogP contribution in [0.3, 0.4) is 0 Å². The summed E-state index contributed by atoms with van der Waals surface area (Å²) in [6.45, 7) is 13.5. The van der Waals surface area contributed by atoms with Gasteiger partial charge in [0, 0.05) is 12.0 Å². The Bertz CT molecular complexity index is 533.